The maximum atomic E-state index is 12.6. The summed E-state index contributed by atoms with van der Waals surface area (Å²) in [4.78, 5) is 17.0. The van der Waals surface area contributed by atoms with Crippen molar-refractivity contribution >= 4 is 5.91 Å². The van der Waals surface area contributed by atoms with Gasteiger partial charge >= 0.3 is 0 Å². The summed E-state index contributed by atoms with van der Waals surface area (Å²) in [6.07, 6.45) is 1.07. The van der Waals surface area contributed by atoms with Crippen LogP contribution in [0.25, 0.3) is 0 Å². The Hall–Kier alpha value is -2.27. The zero-order chi connectivity index (χ0) is 18.5. The SMILES string of the molecule is COc1ccc(C(=O)N2CCN(CC[C@@H](C)c3ccc(C)o3)CC2)cc1. The highest BCUT2D eigenvalue weighted by Crippen LogP contribution is 2.22. The molecule has 1 saturated heterocycles. The van der Waals surface area contributed by atoms with Crippen LogP contribution in [0.1, 0.15) is 41.1 Å². The number of carbonyl (C=O) groups excluding carboxylic acids is 1. The van der Waals surface area contributed by atoms with Gasteiger partial charge in [-0.25, -0.2) is 0 Å². The number of nitrogens with zero attached hydrogens (tertiary/aromatic N) is 2. The second-order valence-corrected chi connectivity index (χ2v) is 7.00. The fourth-order valence-corrected chi connectivity index (χ4v) is 3.33. The molecule has 1 amide bonds. The van der Waals surface area contributed by atoms with Gasteiger partial charge in [-0.1, -0.05) is 6.92 Å². The number of benzene rings is 1. The van der Waals surface area contributed by atoms with Crippen molar-refractivity contribution in [2.45, 2.75) is 26.2 Å². The molecule has 26 heavy (non-hydrogen) atoms. The summed E-state index contributed by atoms with van der Waals surface area (Å²) < 4.78 is 10.9. The third-order valence-corrected chi connectivity index (χ3v) is 5.12. The normalized spacial score (nSPS) is 16.5. The highest BCUT2D eigenvalue weighted by molar-refractivity contribution is 5.94. The molecule has 0 N–H and O–H groups in total. The van der Waals surface area contributed by atoms with Crippen LogP contribution in [0.2, 0.25) is 0 Å². The number of ether oxygens (including phenoxy) is 1. The van der Waals surface area contributed by atoms with Gasteiger partial charge in [-0.05, 0) is 56.3 Å². The van der Waals surface area contributed by atoms with Gasteiger partial charge in [0.05, 0.1) is 7.11 Å². The lowest BCUT2D eigenvalue weighted by atomic mass is 10.0. The van der Waals surface area contributed by atoms with Crippen molar-refractivity contribution in [2.24, 2.45) is 0 Å². The predicted octanol–water partition coefficient (Wildman–Crippen LogP) is 3.55. The minimum atomic E-state index is 0.103. The van der Waals surface area contributed by atoms with E-state index in [0.717, 1.165) is 62.0 Å². The molecule has 1 aliphatic rings. The average Bonchev–Trinajstić information content (AvgIpc) is 3.12. The Bertz CT molecular complexity index is 715. The van der Waals surface area contributed by atoms with Crippen LogP contribution in [-0.2, 0) is 0 Å². The minimum Gasteiger partial charge on any atom is -0.497 e. The second-order valence-electron chi connectivity index (χ2n) is 7.00. The summed E-state index contributed by atoms with van der Waals surface area (Å²) in [7, 11) is 1.63. The summed E-state index contributed by atoms with van der Waals surface area (Å²) in [6.45, 7) is 8.62. The summed E-state index contributed by atoms with van der Waals surface area (Å²) >= 11 is 0. The monoisotopic (exact) mass is 356 g/mol. The fraction of sp³-hybridized carbons (Fsp3) is 0.476. The fourth-order valence-electron chi connectivity index (χ4n) is 3.33. The number of amides is 1. The number of aryl methyl sites for hydroxylation is 1. The van der Waals surface area contributed by atoms with Gasteiger partial charge in [0.1, 0.15) is 17.3 Å². The molecule has 1 aliphatic heterocycles. The van der Waals surface area contributed by atoms with Crippen LogP contribution in [0.3, 0.4) is 0 Å². The van der Waals surface area contributed by atoms with Gasteiger partial charge in [0.2, 0.25) is 0 Å². The lowest BCUT2D eigenvalue weighted by Gasteiger charge is -2.35. The molecule has 1 aromatic carbocycles. The summed E-state index contributed by atoms with van der Waals surface area (Å²) in [5.41, 5.74) is 0.723. The van der Waals surface area contributed by atoms with E-state index in [1.807, 2.05) is 42.2 Å². The van der Waals surface area contributed by atoms with Gasteiger partial charge in [0.15, 0.2) is 0 Å². The van der Waals surface area contributed by atoms with Gasteiger partial charge in [0, 0.05) is 37.7 Å². The lowest BCUT2D eigenvalue weighted by molar-refractivity contribution is 0.0633. The van der Waals surface area contributed by atoms with E-state index in [4.69, 9.17) is 9.15 Å². The molecule has 0 saturated carbocycles. The smallest absolute Gasteiger partial charge is 0.253 e. The molecule has 1 fully saturated rings. The number of furan rings is 1. The Morgan fingerprint density at radius 3 is 2.38 bits per heavy atom. The molecule has 3 rings (SSSR count). The van der Waals surface area contributed by atoms with Gasteiger partial charge in [-0.15, -0.1) is 0 Å². The lowest BCUT2D eigenvalue weighted by Crippen LogP contribution is -2.48. The van der Waals surface area contributed by atoms with Gasteiger partial charge in [-0.2, -0.15) is 0 Å². The largest absolute Gasteiger partial charge is 0.497 e. The number of carbonyl (C=O) groups is 1. The Morgan fingerprint density at radius 1 is 1.12 bits per heavy atom. The van der Waals surface area contributed by atoms with Gasteiger partial charge in [-0.3, -0.25) is 9.69 Å². The number of rotatable bonds is 6. The zero-order valence-corrected chi connectivity index (χ0v) is 15.9. The van der Waals surface area contributed by atoms with E-state index in [2.05, 4.69) is 17.9 Å². The average molecular weight is 356 g/mol. The minimum absolute atomic E-state index is 0.103. The van der Waals surface area contributed by atoms with Crippen molar-refractivity contribution in [1.29, 1.82) is 0 Å². The molecule has 1 atom stereocenters. The molecule has 0 bridgehead atoms. The predicted molar refractivity (Wildman–Crippen MR) is 102 cm³/mol. The number of hydrogen-bond donors (Lipinski definition) is 0. The number of hydrogen-bond acceptors (Lipinski definition) is 4. The first kappa shape index (κ1) is 18.5. The third-order valence-electron chi connectivity index (χ3n) is 5.12. The van der Waals surface area contributed by atoms with E-state index < -0.39 is 0 Å². The first-order valence-corrected chi connectivity index (χ1v) is 9.29. The molecule has 140 valence electrons. The van der Waals surface area contributed by atoms with Crippen LogP contribution in [0.5, 0.6) is 5.75 Å². The summed E-state index contributed by atoms with van der Waals surface area (Å²) in [6, 6.07) is 11.4. The van der Waals surface area contributed by atoms with Crippen LogP contribution in [0.15, 0.2) is 40.8 Å². The van der Waals surface area contributed by atoms with Crippen molar-refractivity contribution < 1.29 is 13.9 Å². The Kier molecular flexibility index (Phi) is 5.99. The molecule has 0 unspecified atom stereocenters. The number of methoxy groups -OCH3 is 1. The Labute approximate surface area is 155 Å². The van der Waals surface area contributed by atoms with Gasteiger partial charge < -0.3 is 14.1 Å². The first-order chi connectivity index (χ1) is 12.6. The third kappa shape index (κ3) is 4.47. The molecule has 0 spiro atoms. The summed E-state index contributed by atoms with van der Waals surface area (Å²) in [5.74, 6) is 3.33. The topological polar surface area (TPSA) is 45.9 Å². The Balaban J connectivity index is 1.45. The maximum absolute atomic E-state index is 12.6. The number of piperazine rings is 1. The zero-order valence-electron chi connectivity index (χ0n) is 15.9. The first-order valence-electron chi connectivity index (χ1n) is 9.29. The Morgan fingerprint density at radius 2 is 1.81 bits per heavy atom. The quantitative estimate of drug-likeness (QED) is 0.794. The van der Waals surface area contributed by atoms with E-state index in [1.165, 1.54) is 0 Å². The highest BCUT2D eigenvalue weighted by Gasteiger charge is 2.22. The van der Waals surface area contributed by atoms with E-state index in [-0.39, 0.29) is 5.91 Å². The summed E-state index contributed by atoms with van der Waals surface area (Å²) in [5, 5.41) is 0. The van der Waals surface area contributed by atoms with E-state index >= 15 is 0 Å². The standard InChI is InChI=1S/C21H28N2O3/c1-16(20-9-4-17(2)26-20)10-11-22-12-14-23(15-13-22)21(24)18-5-7-19(25-3)8-6-18/h4-9,16H,10-15H2,1-3H3/t16-/m1/s1. The van der Waals surface area contributed by atoms with Crippen LogP contribution in [0.4, 0.5) is 0 Å². The molecule has 0 radical (unpaired) electrons. The van der Waals surface area contributed by atoms with Crippen molar-refractivity contribution in [1.82, 2.24) is 9.80 Å². The molecule has 2 aromatic rings. The van der Waals surface area contributed by atoms with Crippen molar-refractivity contribution in [2.75, 3.05) is 39.8 Å². The van der Waals surface area contributed by atoms with Crippen LogP contribution in [0, 0.1) is 6.92 Å². The molecule has 0 aliphatic carbocycles. The maximum Gasteiger partial charge on any atom is 0.253 e. The van der Waals surface area contributed by atoms with E-state index in [1.54, 1.807) is 7.11 Å². The van der Waals surface area contributed by atoms with Crippen molar-refractivity contribution in [3.63, 3.8) is 0 Å². The van der Waals surface area contributed by atoms with E-state index in [0.29, 0.717) is 5.92 Å². The molecular formula is C21H28N2O3. The molecule has 5 heteroatoms. The van der Waals surface area contributed by atoms with Crippen molar-refractivity contribution in [3.05, 3.63) is 53.5 Å². The van der Waals surface area contributed by atoms with Crippen molar-refractivity contribution in [3.8, 4) is 5.75 Å². The second kappa shape index (κ2) is 8.41. The molecule has 2 heterocycles. The van der Waals surface area contributed by atoms with E-state index in [9.17, 15) is 4.79 Å². The molecular weight excluding hydrogens is 328 g/mol. The van der Waals surface area contributed by atoms with Crippen LogP contribution >= 0.6 is 0 Å². The van der Waals surface area contributed by atoms with Crippen LogP contribution < -0.4 is 4.74 Å². The highest BCUT2D eigenvalue weighted by atomic mass is 16.5. The molecule has 1 aromatic heterocycles. The van der Waals surface area contributed by atoms with Gasteiger partial charge in [0.25, 0.3) is 5.91 Å². The molecule has 5 nitrogen and oxygen atoms in total. The van der Waals surface area contributed by atoms with Crippen LogP contribution in [-0.4, -0.2) is 55.5 Å².